The summed E-state index contributed by atoms with van der Waals surface area (Å²) in [6.45, 7) is 7.46. The maximum atomic E-state index is 12.4. The van der Waals surface area contributed by atoms with E-state index in [4.69, 9.17) is 0 Å². The topological polar surface area (TPSA) is 79.4 Å². The molecule has 1 aromatic heterocycles. The largest absolute Gasteiger partial charge is 0.352 e. The number of nitrogens with zero attached hydrogens (tertiary/aromatic N) is 2. The van der Waals surface area contributed by atoms with Crippen LogP contribution in [0.1, 0.15) is 27.7 Å². The van der Waals surface area contributed by atoms with Gasteiger partial charge in [0.2, 0.25) is 5.91 Å². The summed E-state index contributed by atoms with van der Waals surface area (Å²) in [4.78, 5) is 15.2. The molecule has 0 spiro atoms. The molecule has 1 N–H and O–H groups in total. The Morgan fingerprint density at radius 3 is 2.43 bits per heavy atom. The molecule has 0 fully saturated rings. The highest BCUT2D eigenvalue weighted by Gasteiger charge is 2.31. The highest BCUT2D eigenvalue weighted by Crippen LogP contribution is 2.22. The summed E-state index contributed by atoms with van der Waals surface area (Å²) in [6, 6.07) is 4.45. The van der Waals surface area contributed by atoms with Crippen molar-refractivity contribution in [2.24, 2.45) is 5.41 Å². The second-order valence-corrected chi connectivity index (χ2v) is 8.06. The van der Waals surface area contributed by atoms with Crippen molar-refractivity contribution >= 4 is 15.9 Å². The zero-order valence-electron chi connectivity index (χ0n) is 13.1. The van der Waals surface area contributed by atoms with E-state index in [2.05, 4.69) is 10.3 Å². The molecule has 0 saturated carbocycles. The minimum atomic E-state index is -3.66. The minimum Gasteiger partial charge on any atom is -0.352 e. The van der Waals surface area contributed by atoms with Crippen LogP contribution in [0.25, 0.3) is 0 Å². The Kier molecular flexibility index (Phi) is 5.47. The zero-order chi connectivity index (χ0) is 16.3. The van der Waals surface area contributed by atoms with E-state index >= 15 is 0 Å². The first-order valence-electron chi connectivity index (χ1n) is 6.69. The van der Waals surface area contributed by atoms with Crippen molar-refractivity contribution < 1.29 is 13.2 Å². The molecule has 6 nitrogen and oxygen atoms in total. The monoisotopic (exact) mass is 313 g/mol. The normalized spacial score (nSPS) is 14.0. The van der Waals surface area contributed by atoms with Crippen LogP contribution in [0.4, 0.5) is 0 Å². The Morgan fingerprint density at radius 2 is 2.00 bits per heavy atom. The standard InChI is InChI=1S/C14H23N3O3S/c1-11(18)16-12(14(2,3)4)10-17(5)21(19,20)13-8-6-7-9-15-13/h6-9,12H,10H2,1-5H3,(H,16,18)/t12-/m1/s1. The number of carbonyl (C=O) groups excluding carboxylic acids is 1. The smallest absolute Gasteiger partial charge is 0.260 e. The second kappa shape index (κ2) is 6.53. The number of rotatable bonds is 5. The first-order chi connectivity index (χ1) is 9.55. The van der Waals surface area contributed by atoms with E-state index in [1.165, 1.54) is 30.5 Å². The number of carbonyl (C=O) groups is 1. The minimum absolute atomic E-state index is 0.00276. The van der Waals surface area contributed by atoms with Crippen molar-refractivity contribution in [3.05, 3.63) is 24.4 Å². The molecular formula is C14H23N3O3S. The van der Waals surface area contributed by atoms with Gasteiger partial charge in [0.05, 0.1) is 0 Å². The molecule has 7 heteroatoms. The van der Waals surface area contributed by atoms with E-state index < -0.39 is 10.0 Å². The fourth-order valence-corrected chi connectivity index (χ4v) is 2.91. The lowest BCUT2D eigenvalue weighted by Crippen LogP contribution is -2.50. The van der Waals surface area contributed by atoms with E-state index in [-0.39, 0.29) is 28.9 Å². The van der Waals surface area contributed by atoms with Crippen LogP contribution in [0, 0.1) is 5.41 Å². The highest BCUT2D eigenvalue weighted by atomic mass is 32.2. The Bertz CT molecular complexity index is 579. The van der Waals surface area contributed by atoms with Crippen molar-refractivity contribution in [2.75, 3.05) is 13.6 Å². The van der Waals surface area contributed by atoms with Gasteiger partial charge in [-0.15, -0.1) is 0 Å². The van der Waals surface area contributed by atoms with Gasteiger partial charge < -0.3 is 5.32 Å². The molecule has 1 rings (SSSR count). The summed E-state index contributed by atoms with van der Waals surface area (Å²) in [5, 5.41) is 2.81. The van der Waals surface area contributed by atoms with Crippen LogP contribution < -0.4 is 5.32 Å². The van der Waals surface area contributed by atoms with Gasteiger partial charge in [0, 0.05) is 32.8 Å². The Labute approximate surface area is 126 Å². The zero-order valence-corrected chi connectivity index (χ0v) is 13.9. The van der Waals surface area contributed by atoms with Crippen molar-refractivity contribution in [1.82, 2.24) is 14.6 Å². The third-order valence-corrected chi connectivity index (χ3v) is 4.91. The summed E-state index contributed by atoms with van der Waals surface area (Å²) in [5.41, 5.74) is -0.264. The van der Waals surface area contributed by atoms with Crippen LogP contribution in [-0.2, 0) is 14.8 Å². The molecule has 21 heavy (non-hydrogen) atoms. The maximum Gasteiger partial charge on any atom is 0.260 e. The lowest BCUT2D eigenvalue weighted by molar-refractivity contribution is -0.120. The van der Waals surface area contributed by atoms with Gasteiger partial charge in [-0.1, -0.05) is 26.8 Å². The quantitative estimate of drug-likeness (QED) is 0.887. The molecule has 1 atom stereocenters. The van der Waals surface area contributed by atoms with Crippen molar-refractivity contribution in [3.8, 4) is 0 Å². The van der Waals surface area contributed by atoms with Crippen LogP contribution in [0.3, 0.4) is 0 Å². The summed E-state index contributed by atoms with van der Waals surface area (Å²) in [7, 11) is -2.17. The van der Waals surface area contributed by atoms with Crippen molar-refractivity contribution in [2.45, 2.75) is 38.8 Å². The van der Waals surface area contributed by atoms with Gasteiger partial charge in [-0.25, -0.2) is 13.4 Å². The Balaban J connectivity index is 2.97. The number of pyridine rings is 1. The van der Waals surface area contributed by atoms with Gasteiger partial charge >= 0.3 is 0 Å². The number of hydrogen-bond donors (Lipinski definition) is 1. The fourth-order valence-electron chi connectivity index (χ4n) is 1.80. The third kappa shape index (κ3) is 4.78. The van der Waals surface area contributed by atoms with Crippen LogP contribution in [0.5, 0.6) is 0 Å². The molecule has 0 unspecified atom stereocenters. The summed E-state index contributed by atoms with van der Waals surface area (Å²) >= 11 is 0. The number of aromatic nitrogens is 1. The fraction of sp³-hybridized carbons (Fsp3) is 0.571. The number of likely N-dealkylation sites (N-methyl/N-ethyl adjacent to an activating group) is 1. The predicted molar refractivity (Wildman–Crippen MR) is 81.1 cm³/mol. The summed E-state index contributed by atoms with van der Waals surface area (Å²) in [5.74, 6) is -0.182. The van der Waals surface area contributed by atoms with Crippen LogP contribution in [0.15, 0.2) is 29.4 Å². The molecule has 1 heterocycles. The maximum absolute atomic E-state index is 12.4. The molecule has 0 aromatic carbocycles. The molecule has 118 valence electrons. The van der Waals surface area contributed by atoms with Crippen molar-refractivity contribution in [1.29, 1.82) is 0 Å². The highest BCUT2D eigenvalue weighted by molar-refractivity contribution is 7.89. The van der Waals surface area contributed by atoms with E-state index in [0.717, 1.165) is 0 Å². The van der Waals surface area contributed by atoms with Crippen molar-refractivity contribution in [3.63, 3.8) is 0 Å². The lowest BCUT2D eigenvalue weighted by Gasteiger charge is -2.33. The van der Waals surface area contributed by atoms with Gasteiger partial charge in [-0.05, 0) is 17.5 Å². The predicted octanol–water partition coefficient (Wildman–Crippen LogP) is 1.25. The molecule has 0 saturated heterocycles. The number of sulfonamides is 1. The Morgan fingerprint density at radius 1 is 1.38 bits per heavy atom. The third-order valence-electron chi connectivity index (χ3n) is 3.17. The van der Waals surface area contributed by atoms with Gasteiger partial charge in [0.15, 0.2) is 5.03 Å². The summed E-state index contributed by atoms with van der Waals surface area (Å²) in [6.07, 6.45) is 1.44. The van der Waals surface area contributed by atoms with Crippen LogP contribution in [0.2, 0.25) is 0 Å². The van der Waals surface area contributed by atoms with Gasteiger partial charge in [-0.3, -0.25) is 4.79 Å². The van der Waals surface area contributed by atoms with Crippen LogP contribution >= 0.6 is 0 Å². The molecule has 0 aliphatic carbocycles. The molecule has 0 bridgehead atoms. The Hall–Kier alpha value is -1.47. The van der Waals surface area contributed by atoms with Gasteiger partial charge in [0.1, 0.15) is 0 Å². The number of nitrogens with one attached hydrogen (secondary N) is 1. The first-order valence-corrected chi connectivity index (χ1v) is 8.13. The molecular weight excluding hydrogens is 290 g/mol. The molecule has 1 aromatic rings. The number of hydrogen-bond acceptors (Lipinski definition) is 4. The average Bonchev–Trinajstić information content (AvgIpc) is 2.37. The van der Waals surface area contributed by atoms with Gasteiger partial charge in [0.25, 0.3) is 10.0 Å². The molecule has 0 aliphatic heterocycles. The average molecular weight is 313 g/mol. The number of amides is 1. The van der Waals surface area contributed by atoms with E-state index in [9.17, 15) is 13.2 Å². The SMILES string of the molecule is CC(=O)N[C@H](CN(C)S(=O)(=O)c1ccccn1)C(C)(C)C. The van der Waals surface area contributed by atoms with E-state index in [1.54, 1.807) is 12.1 Å². The van der Waals surface area contributed by atoms with E-state index in [1.807, 2.05) is 20.8 Å². The molecule has 1 amide bonds. The van der Waals surface area contributed by atoms with Gasteiger partial charge in [-0.2, -0.15) is 4.31 Å². The van der Waals surface area contributed by atoms with Crippen LogP contribution in [-0.4, -0.2) is 43.2 Å². The second-order valence-electron chi connectivity index (χ2n) is 6.07. The first kappa shape index (κ1) is 17.6. The van der Waals surface area contributed by atoms with E-state index in [0.29, 0.717) is 0 Å². The molecule has 0 radical (unpaired) electrons. The molecule has 0 aliphatic rings. The summed E-state index contributed by atoms with van der Waals surface area (Å²) < 4.78 is 26.1. The lowest BCUT2D eigenvalue weighted by atomic mass is 9.86.